The Bertz CT molecular complexity index is 571. The predicted molar refractivity (Wildman–Crippen MR) is 74.0 cm³/mol. The highest BCUT2D eigenvalue weighted by molar-refractivity contribution is 7.90. The minimum Gasteiger partial charge on any atom is -0.225 e. The molecule has 1 saturated carbocycles. The van der Waals surface area contributed by atoms with E-state index in [0.717, 1.165) is 0 Å². The van der Waals surface area contributed by atoms with Gasteiger partial charge in [0.15, 0.2) is 5.79 Å². The summed E-state index contributed by atoms with van der Waals surface area (Å²) in [6, 6.07) is 5.57. The second-order valence-electron chi connectivity index (χ2n) is 5.55. The summed E-state index contributed by atoms with van der Waals surface area (Å²) in [5.41, 5.74) is 0.623. The van der Waals surface area contributed by atoms with E-state index in [2.05, 4.69) is 4.72 Å². The van der Waals surface area contributed by atoms with Gasteiger partial charge in [0.1, 0.15) is 5.82 Å². The molecule has 0 heterocycles. The van der Waals surface area contributed by atoms with Crippen molar-refractivity contribution in [3.05, 3.63) is 35.6 Å². The second-order valence-corrected chi connectivity index (χ2v) is 7.79. The van der Waals surface area contributed by atoms with Crippen molar-refractivity contribution in [3.63, 3.8) is 0 Å². The molecule has 1 aliphatic rings. The maximum Gasteiger partial charge on any atom is 0.216 e. The molecule has 0 amide bonds. The summed E-state index contributed by atoms with van der Waals surface area (Å²) in [4.78, 5) is 0. The Labute approximate surface area is 118 Å². The van der Waals surface area contributed by atoms with Crippen molar-refractivity contribution in [2.24, 2.45) is 0 Å². The monoisotopic (exact) mass is 303 g/mol. The molecule has 1 fully saturated rings. The van der Waals surface area contributed by atoms with Gasteiger partial charge in [-0.25, -0.2) is 17.2 Å². The van der Waals surface area contributed by atoms with E-state index < -0.39 is 27.0 Å². The zero-order valence-corrected chi connectivity index (χ0v) is 12.4. The summed E-state index contributed by atoms with van der Waals surface area (Å²) < 4.78 is 54.0. The van der Waals surface area contributed by atoms with E-state index >= 15 is 4.39 Å². The van der Waals surface area contributed by atoms with Gasteiger partial charge in [0.05, 0.1) is 5.25 Å². The fourth-order valence-corrected chi connectivity index (χ4v) is 3.52. The lowest BCUT2D eigenvalue weighted by atomic mass is 9.93. The molecule has 3 nitrogen and oxygen atoms in total. The first kappa shape index (κ1) is 15.4. The normalized spacial score (nSPS) is 27.1. The van der Waals surface area contributed by atoms with Crippen LogP contribution in [0.5, 0.6) is 0 Å². The molecule has 2 rings (SSSR count). The van der Waals surface area contributed by atoms with Crippen LogP contribution in [0.25, 0.3) is 0 Å². The van der Waals surface area contributed by atoms with Crippen LogP contribution in [0.15, 0.2) is 24.3 Å². The third-order valence-electron chi connectivity index (χ3n) is 3.79. The number of rotatable bonds is 4. The fraction of sp³-hybridized carbons (Fsp3) is 0.571. The molecule has 6 heteroatoms. The van der Waals surface area contributed by atoms with Gasteiger partial charge in [0.25, 0.3) is 0 Å². The molecular weight excluding hydrogens is 284 g/mol. The molecule has 0 spiro atoms. The zero-order chi connectivity index (χ0) is 15.0. The number of benzene rings is 1. The molecule has 2 atom stereocenters. The summed E-state index contributed by atoms with van der Waals surface area (Å²) in [6.07, 6.45) is 1.28. The van der Waals surface area contributed by atoms with Gasteiger partial charge in [-0.15, -0.1) is 0 Å². The van der Waals surface area contributed by atoms with Crippen LogP contribution < -0.4 is 4.72 Å². The maximum absolute atomic E-state index is 15.0. The molecule has 20 heavy (non-hydrogen) atoms. The molecule has 1 aromatic carbocycles. The van der Waals surface area contributed by atoms with E-state index in [-0.39, 0.29) is 12.2 Å². The highest BCUT2D eigenvalue weighted by Crippen LogP contribution is 2.44. The lowest BCUT2D eigenvalue weighted by Crippen LogP contribution is -2.48. The van der Waals surface area contributed by atoms with Crippen molar-refractivity contribution in [3.8, 4) is 0 Å². The van der Waals surface area contributed by atoms with Crippen LogP contribution >= 0.6 is 0 Å². The largest absolute Gasteiger partial charge is 0.225 e. The van der Waals surface area contributed by atoms with Crippen LogP contribution in [0.4, 0.5) is 8.78 Å². The van der Waals surface area contributed by atoms with Crippen molar-refractivity contribution >= 4 is 10.0 Å². The fourth-order valence-electron chi connectivity index (χ4n) is 2.57. The van der Waals surface area contributed by atoms with Gasteiger partial charge in [-0.2, -0.15) is 4.72 Å². The smallest absolute Gasteiger partial charge is 0.216 e. The van der Waals surface area contributed by atoms with E-state index in [1.165, 1.54) is 38.1 Å². The molecule has 0 saturated heterocycles. The number of sulfonamides is 1. The minimum atomic E-state index is -3.69. The SMILES string of the molecule is CC(C)S(=O)(=O)NC1(F)CCCC1c1ccc(F)cc1. The average Bonchev–Trinajstić information content (AvgIpc) is 2.71. The predicted octanol–water partition coefficient (Wildman–Crippen LogP) is 3.09. The third-order valence-corrected chi connectivity index (χ3v) is 5.66. The van der Waals surface area contributed by atoms with Crippen molar-refractivity contribution in [1.29, 1.82) is 0 Å². The summed E-state index contributed by atoms with van der Waals surface area (Å²) >= 11 is 0. The number of halogens is 2. The van der Waals surface area contributed by atoms with Crippen LogP contribution in [-0.2, 0) is 10.0 Å². The third kappa shape index (κ3) is 3.01. The second kappa shape index (κ2) is 5.41. The average molecular weight is 303 g/mol. The quantitative estimate of drug-likeness (QED) is 0.869. The summed E-state index contributed by atoms with van der Waals surface area (Å²) in [5.74, 6) is -2.95. The number of hydrogen-bond acceptors (Lipinski definition) is 2. The van der Waals surface area contributed by atoms with Gasteiger partial charge in [-0.1, -0.05) is 12.1 Å². The Morgan fingerprint density at radius 2 is 1.90 bits per heavy atom. The van der Waals surface area contributed by atoms with Gasteiger partial charge in [-0.05, 0) is 50.8 Å². The Morgan fingerprint density at radius 1 is 1.30 bits per heavy atom. The number of nitrogens with one attached hydrogen (secondary N) is 1. The molecule has 2 unspecified atom stereocenters. The first-order chi connectivity index (χ1) is 9.24. The van der Waals surface area contributed by atoms with Crippen LogP contribution in [-0.4, -0.2) is 19.5 Å². The van der Waals surface area contributed by atoms with Crippen molar-refractivity contribution in [2.45, 2.75) is 50.1 Å². The Balaban J connectivity index is 2.28. The first-order valence-corrected chi connectivity index (χ1v) is 8.26. The van der Waals surface area contributed by atoms with Gasteiger partial charge in [0.2, 0.25) is 10.0 Å². The van der Waals surface area contributed by atoms with Crippen molar-refractivity contribution in [1.82, 2.24) is 4.72 Å². The molecule has 0 bridgehead atoms. The highest BCUT2D eigenvalue weighted by atomic mass is 32.2. The van der Waals surface area contributed by atoms with Crippen LogP contribution in [0, 0.1) is 5.82 Å². The molecule has 0 aromatic heterocycles. The van der Waals surface area contributed by atoms with Gasteiger partial charge < -0.3 is 0 Å². The number of alkyl halides is 1. The van der Waals surface area contributed by atoms with Crippen LogP contribution in [0.1, 0.15) is 44.6 Å². The molecule has 0 radical (unpaired) electrons. The van der Waals surface area contributed by atoms with Gasteiger partial charge >= 0.3 is 0 Å². The maximum atomic E-state index is 15.0. The molecule has 112 valence electrons. The lowest BCUT2D eigenvalue weighted by Gasteiger charge is -2.29. The molecule has 1 aliphatic carbocycles. The lowest BCUT2D eigenvalue weighted by molar-refractivity contribution is 0.133. The van der Waals surface area contributed by atoms with E-state index in [9.17, 15) is 12.8 Å². The van der Waals surface area contributed by atoms with E-state index in [1.807, 2.05) is 0 Å². The standard InChI is InChI=1S/C14H19F2NO2S/c1-10(2)20(18,19)17-14(16)9-3-4-13(14)11-5-7-12(15)8-6-11/h5-8,10,13,17H,3-4,9H2,1-2H3. The van der Waals surface area contributed by atoms with Gasteiger partial charge in [-0.3, -0.25) is 0 Å². The Morgan fingerprint density at radius 3 is 2.45 bits per heavy atom. The molecule has 1 aromatic rings. The molecule has 1 N–H and O–H groups in total. The first-order valence-electron chi connectivity index (χ1n) is 6.72. The van der Waals surface area contributed by atoms with Crippen LogP contribution in [0.3, 0.4) is 0 Å². The number of hydrogen-bond donors (Lipinski definition) is 1. The van der Waals surface area contributed by atoms with E-state index in [1.54, 1.807) is 0 Å². The zero-order valence-electron chi connectivity index (χ0n) is 11.6. The Kier molecular flexibility index (Phi) is 4.16. The van der Waals surface area contributed by atoms with Crippen LogP contribution in [0.2, 0.25) is 0 Å². The minimum absolute atomic E-state index is 0.140. The highest BCUT2D eigenvalue weighted by Gasteiger charge is 2.47. The topological polar surface area (TPSA) is 46.2 Å². The van der Waals surface area contributed by atoms with Gasteiger partial charge in [0, 0.05) is 5.92 Å². The van der Waals surface area contributed by atoms with E-state index in [4.69, 9.17) is 0 Å². The summed E-state index contributed by atoms with van der Waals surface area (Å²) in [5, 5.41) is -0.690. The summed E-state index contributed by atoms with van der Waals surface area (Å²) in [6.45, 7) is 3.01. The molecular formula is C14H19F2NO2S. The molecule has 0 aliphatic heterocycles. The summed E-state index contributed by atoms with van der Waals surface area (Å²) in [7, 11) is -3.69. The van der Waals surface area contributed by atoms with Crippen molar-refractivity contribution in [2.75, 3.05) is 0 Å². The van der Waals surface area contributed by atoms with Crippen molar-refractivity contribution < 1.29 is 17.2 Å². The Hall–Kier alpha value is -1.01. The van der Waals surface area contributed by atoms with E-state index in [0.29, 0.717) is 18.4 Å².